The predicted octanol–water partition coefficient (Wildman–Crippen LogP) is 0.727. The fourth-order valence-electron chi connectivity index (χ4n) is 2.61. The van der Waals surface area contributed by atoms with E-state index in [1.807, 2.05) is 6.92 Å². The highest BCUT2D eigenvalue weighted by molar-refractivity contribution is 6.03. The van der Waals surface area contributed by atoms with Gasteiger partial charge in [-0.2, -0.15) is 0 Å². The third-order valence-corrected chi connectivity index (χ3v) is 4.22. The molecule has 0 aliphatic carbocycles. The largest absolute Gasteiger partial charge is 0.384 e. The number of nitrogen functional groups attached to an aromatic ring is 1. The van der Waals surface area contributed by atoms with Crippen LogP contribution in [0.5, 0.6) is 0 Å². The monoisotopic (exact) mass is 348 g/mol. The third kappa shape index (κ3) is 3.53. The van der Waals surface area contributed by atoms with Gasteiger partial charge in [0.25, 0.3) is 5.56 Å². The van der Waals surface area contributed by atoms with E-state index in [9.17, 15) is 18.8 Å². The lowest BCUT2D eigenvalue weighted by molar-refractivity contribution is 0.0943. The Morgan fingerprint density at radius 2 is 1.68 bits per heavy atom. The van der Waals surface area contributed by atoms with Gasteiger partial charge in [-0.05, 0) is 31.5 Å². The summed E-state index contributed by atoms with van der Waals surface area (Å²) in [6.45, 7) is 3.42. The molecule has 0 aliphatic heterocycles. The molecule has 0 spiro atoms. The summed E-state index contributed by atoms with van der Waals surface area (Å²) in [5.41, 5.74) is 5.05. The Bertz CT molecular complexity index is 915. The highest BCUT2D eigenvalue weighted by Gasteiger charge is 2.25. The van der Waals surface area contributed by atoms with Crippen molar-refractivity contribution in [2.45, 2.75) is 25.9 Å². The van der Waals surface area contributed by atoms with E-state index in [-0.39, 0.29) is 23.2 Å². The smallest absolute Gasteiger partial charge is 0.332 e. The first-order chi connectivity index (χ1) is 11.6. The number of rotatable bonds is 5. The number of ketones is 1. The first-order valence-electron chi connectivity index (χ1n) is 7.76. The standard InChI is InChI=1S/C17H21FN4O3/c1-9(11-5-7-12(18)8-6-11)20-10(2)14(23)13-15(19)21(3)17(25)22(4)16(13)24/h5-10,20H,19H2,1-4H3/t9-,10+/m0/s1. The zero-order chi connectivity index (χ0) is 18.9. The molecule has 2 atom stereocenters. The van der Waals surface area contributed by atoms with Crippen LogP contribution in [0.15, 0.2) is 33.9 Å². The summed E-state index contributed by atoms with van der Waals surface area (Å²) in [6, 6.07) is 4.92. The molecule has 0 amide bonds. The van der Waals surface area contributed by atoms with Gasteiger partial charge in [-0.25, -0.2) is 9.18 Å². The molecule has 2 aromatic rings. The molecule has 0 saturated heterocycles. The van der Waals surface area contributed by atoms with E-state index in [0.717, 1.165) is 14.7 Å². The van der Waals surface area contributed by atoms with Crippen LogP contribution in [0.3, 0.4) is 0 Å². The van der Waals surface area contributed by atoms with Crippen LogP contribution in [0.1, 0.15) is 35.8 Å². The molecule has 8 heteroatoms. The minimum Gasteiger partial charge on any atom is -0.384 e. The number of halogens is 1. The summed E-state index contributed by atoms with van der Waals surface area (Å²) in [5.74, 6) is -1.02. The van der Waals surface area contributed by atoms with Crippen molar-refractivity contribution >= 4 is 11.6 Å². The maximum absolute atomic E-state index is 13.0. The summed E-state index contributed by atoms with van der Waals surface area (Å²) in [5, 5.41) is 3.06. The quantitative estimate of drug-likeness (QED) is 0.776. The van der Waals surface area contributed by atoms with Gasteiger partial charge in [0.15, 0.2) is 5.78 Å². The number of anilines is 1. The number of benzene rings is 1. The molecule has 0 radical (unpaired) electrons. The maximum atomic E-state index is 13.0. The molecule has 134 valence electrons. The van der Waals surface area contributed by atoms with Gasteiger partial charge in [-0.3, -0.25) is 18.7 Å². The van der Waals surface area contributed by atoms with Gasteiger partial charge in [0.2, 0.25) is 0 Å². The fourth-order valence-corrected chi connectivity index (χ4v) is 2.61. The van der Waals surface area contributed by atoms with Crippen LogP contribution in [0, 0.1) is 5.82 Å². The summed E-state index contributed by atoms with van der Waals surface area (Å²) in [4.78, 5) is 36.8. The van der Waals surface area contributed by atoms with E-state index >= 15 is 0 Å². The minimum atomic E-state index is -0.729. The van der Waals surface area contributed by atoms with Gasteiger partial charge in [0, 0.05) is 20.1 Å². The Labute approximate surface area is 143 Å². The maximum Gasteiger partial charge on any atom is 0.332 e. The number of nitrogens with two attached hydrogens (primary N) is 1. The topological polar surface area (TPSA) is 99.1 Å². The third-order valence-electron chi connectivity index (χ3n) is 4.22. The molecule has 1 aromatic heterocycles. The van der Waals surface area contributed by atoms with E-state index in [1.165, 1.54) is 26.2 Å². The van der Waals surface area contributed by atoms with E-state index in [0.29, 0.717) is 0 Å². The number of aromatic nitrogens is 2. The normalized spacial score (nSPS) is 13.5. The molecule has 1 aromatic carbocycles. The van der Waals surface area contributed by atoms with Crippen molar-refractivity contribution in [3.63, 3.8) is 0 Å². The molecular formula is C17H21FN4O3. The SMILES string of the molecule is C[C@H](N[C@H](C)C(=O)c1c(N)n(C)c(=O)n(C)c1=O)c1ccc(F)cc1. The van der Waals surface area contributed by atoms with Gasteiger partial charge >= 0.3 is 5.69 Å². The second-order valence-electron chi connectivity index (χ2n) is 5.99. The average molecular weight is 348 g/mol. The average Bonchev–Trinajstić information content (AvgIpc) is 2.58. The van der Waals surface area contributed by atoms with Crippen molar-refractivity contribution in [2.75, 3.05) is 5.73 Å². The molecule has 1 heterocycles. The lowest BCUT2D eigenvalue weighted by Crippen LogP contribution is -2.45. The van der Waals surface area contributed by atoms with Crippen LogP contribution in [-0.4, -0.2) is 21.0 Å². The van der Waals surface area contributed by atoms with Crippen LogP contribution in [0.2, 0.25) is 0 Å². The van der Waals surface area contributed by atoms with Gasteiger partial charge in [-0.15, -0.1) is 0 Å². The fraction of sp³-hybridized carbons (Fsp3) is 0.353. The van der Waals surface area contributed by atoms with Crippen LogP contribution in [0.4, 0.5) is 10.2 Å². The minimum absolute atomic E-state index is 0.166. The summed E-state index contributed by atoms with van der Waals surface area (Å²) < 4.78 is 14.9. The zero-order valence-corrected chi connectivity index (χ0v) is 14.5. The highest BCUT2D eigenvalue weighted by Crippen LogP contribution is 2.15. The molecule has 0 saturated carbocycles. The van der Waals surface area contributed by atoms with Crippen molar-refractivity contribution in [3.8, 4) is 0 Å². The van der Waals surface area contributed by atoms with E-state index in [1.54, 1.807) is 19.1 Å². The number of nitrogens with one attached hydrogen (secondary N) is 1. The van der Waals surface area contributed by atoms with Gasteiger partial charge in [0.05, 0.1) is 6.04 Å². The number of carbonyl (C=O) groups is 1. The van der Waals surface area contributed by atoms with Gasteiger partial charge < -0.3 is 11.1 Å². The number of hydrogen-bond acceptors (Lipinski definition) is 5. The van der Waals surface area contributed by atoms with Crippen molar-refractivity contribution in [1.29, 1.82) is 0 Å². The van der Waals surface area contributed by atoms with Crippen molar-refractivity contribution < 1.29 is 9.18 Å². The van der Waals surface area contributed by atoms with E-state index < -0.39 is 23.1 Å². The van der Waals surface area contributed by atoms with Crippen molar-refractivity contribution in [2.24, 2.45) is 14.1 Å². The van der Waals surface area contributed by atoms with Crippen LogP contribution >= 0.6 is 0 Å². The lowest BCUT2D eigenvalue weighted by atomic mass is 10.0. The van der Waals surface area contributed by atoms with Crippen LogP contribution in [0.25, 0.3) is 0 Å². The predicted molar refractivity (Wildman–Crippen MR) is 93.1 cm³/mol. The molecule has 0 unspecified atom stereocenters. The molecule has 7 nitrogen and oxygen atoms in total. The second-order valence-corrected chi connectivity index (χ2v) is 5.99. The Hall–Kier alpha value is -2.74. The summed E-state index contributed by atoms with van der Waals surface area (Å²) in [7, 11) is 2.69. The molecule has 2 rings (SSSR count). The molecule has 0 aliphatic rings. The van der Waals surface area contributed by atoms with Gasteiger partial charge in [-0.1, -0.05) is 12.1 Å². The number of nitrogens with zero attached hydrogens (tertiary/aromatic N) is 2. The molecule has 0 bridgehead atoms. The van der Waals surface area contributed by atoms with Crippen molar-refractivity contribution in [1.82, 2.24) is 14.5 Å². The molecular weight excluding hydrogens is 327 g/mol. The second kappa shape index (κ2) is 7.02. The summed E-state index contributed by atoms with van der Waals surface area (Å²) >= 11 is 0. The highest BCUT2D eigenvalue weighted by atomic mass is 19.1. The van der Waals surface area contributed by atoms with Gasteiger partial charge in [0.1, 0.15) is 17.2 Å². The first-order valence-corrected chi connectivity index (χ1v) is 7.76. The number of hydrogen-bond donors (Lipinski definition) is 2. The number of carbonyl (C=O) groups excluding carboxylic acids is 1. The molecule has 0 fully saturated rings. The summed E-state index contributed by atoms with van der Waals surface area (Å²) in [6.07, 6.45) is 0. The van der Waals surface area contributed by atoms with Crippen molar-refractivity contribution in [3.05, 3.63) is 62.0 Å². The number of Topliss-reactive ketones (excluding diaryl/α,β-unsaturated/α-hetero) is 1. The van der Waals surface area contributed by atoms with Crippen LogP contribution < -0.4 is 22.3 Å². The van der Waals surface area contributed by atoms with E-state index in [2.05, 4.69) is 5.32 Å². The Morgan fingerprint density at radius 1 is 1.12 bits per heavy atom. The molecule has 25 heavy (non-hydrogen) atoms. The lowest BCUT2D eigenvalue weighted by Gasteiger charge is -2.20. The Morgan fingerprint density at radius 3 is 2.24 bits per heavy atom. The zero-order valence-electron chi connectivity index (χ0n) is 14.5. The Balaban J connectivity index is 2.30. The molecule has 3 N–H and O–H groups in total. The Kier molecular flexibility index (Phi) is 5.22. The van der Waals surface area contributed by atoms with Crippen LogP contribution in [-0.2, 0) is 14.1 Å². The first kappa shape index (κ1) is 18.6. The van der Waals surface area contributed by atoms with E-state index in [4.69, 9.17) is 5.73 Å².